The molecule has 0 aromatic heterocycles. The van der Waals surface area contributed by atoms with E-state index in [1.165, 1.54) is 18.2 Å². The minimum Gasteiger partial charge on any atom is -0.478 e. The molecule has 0 spiro atoms. The molecule has 0 unspecified atom stereocenters. The van der Waals surface area contributed by atoms with Crippen molar-refractivity contribution in [3.8, 4) is 0 Å². The van der Waals surface area contributed by atoms with Gasteiger partial charge in [-0.3, -0.25) is 0 Å². The van der Waals surface area contributed by atoms with Gasteiger partial charge in [0.1, 0.15) is 4.90 Å². The van der Waals surface area contributed by atoms with Crippen LogP contribution >= 0.6 is 0 Å². The van der Waals surface area contributed by atoms with Gasteiger partial charge in [0.2, 0.25) is 10.0 Å². The van der Waals surface area contributed by atoms with Crippen LogP contribution in [0, 0.1) is 0 Å². The molecule has 25 heavy (non-hydrogen) atoms. The average molecular weight is 372 g/mol. The van der Waals surface area contributed by atoms with Gasteiger partial charge in [0, 0.05) is 19.2 Å². The van der Waals surface area contributed by atoms with Gasteiger partial charge in [0.15, 0.2) is 0 Å². The van der Waals surface area contributed by atoms with E-state index in [0.717, 1.165) is 6.42 Å². The van der Waals surface area contributed by atoms with Crippen molar-refractivity contribution in [3.05, 3.63) is 23.8 Å². The molecule has 3 N–H and O–H groups in total. The fraction of sp³-hybridized carbons (Fsp3) is 0.588. The van der Waals surface area contributed by atoms with E-state index in [2.05, 4.69) is 10.0 Å². The molecule has 142 valence electrons. The Labute approximate surface area is 149 Å². The van der Waals surface area contributed by atoms with Crippen molar-refractivity contribution in [2.45, 2.75) is 57.6 Å². The highest BCUT2D eigenvalue weighted by atomic mass is 32.2. The number of carboxylic acid groups (broad SMARTS) is 1. The summed E-state index contributed by atoms with van der Waals surface area (Å²) in [5.74, 6) is -1.17. The molecule has 0 amide bonds. The molecule has 0 radical (unpaired) electrons. The Bertz CT molecular complexity index is 674. The molecule has 1 aromatic carbocycles. The first-order chi connectivity index (χ1) is 11.7. The van der Waals surface area contributed by atoms with Gasteiger partial charge in [-0.15, -0.1) is 0 Å². The lowest BCUT2D eigenvalue weighted by Gasteiger charge is -2.18. The number of aromatic carboxylic acids is 1. The van der Waals surface area contributed by atoms with E-state index in [-0.39, 0.29) is 29.1 Å². The second-order valence-corrected chi connectivity index (χ2v) is 7.88. The first-order valence-electron chi connectivity index (χ1n) is 8.42. The molecule has 0 aliphatic heterocycles. The molecule has 0 bridgehead atoms. The molecule has 1 aromatic rings. The fourth-order valence-corrected chi connectivity index (χ4v) is 3.31. The second-order valence-electron chi connectivity index (χ2n) is 6.14. The molecular formula is C17H28N2O5S. The maximum absolute atomic E-state index is 12.6. The van der Waals surface area contributed by atoms with Crippen LogP contribution in [0.4, 0.5) is 5.69 Å². The topological polar surface area (TPSA) is 105 Å². The summed E-state index contributed by atoms with van der Waals surface area (Å²) >= 11 is 0. The van der Waals surface area contributed by atoms with Crippen LogP contribution in [0.25, 0.3) is 0 Å². The van der Waals surface area contributed by atoms with Crippen molar-refractivity contribution < 1.29 is 23.1 Å². The molecule has 7 nitrogen and oxygen atoms in total. The number of anilines is 1. The molecule has 0 saturated carbocycles. The quantitative estimate of drug-likeness (QED) is 0.516. The van der Waals surface area contributed by atoms with Crippen LogP contribution in [0.1, 0.15) is 50.9 Å². The zero-order valence-electron chi connectivity index (χ0n) is 15.2. The summed E-state index contributed by atoms with van der Waals surface area (Å²) in [6, 6.07) is 4.12. The minimum absolute atomic E-state index is 0.0579. The van der Waals surface area contributed by atoms with E-state index in [9.17, 15) is 13.2 Å². The van der Waals surface area contributed by atoms with E-state index in [0.29, 0.717) is 18.7 Å². The fourth-order valence-electron chi connectivity index (χ4n) is 2.04. The minimum atomic E-state index is -3.83. The SMILES string of the molecule is CC[C@H](C)Nc1ccc(C(=O)O)cc1S(=O)(=O)NCCCOC(C)C. The normalized spacial score (nSPS) is 13.0. The third-order valence-corrected chi connectivity index (χ3v) is 5.10. The predicted molar refractivity (Wildman–Crippen MR) is 97.7 cm³/mol. The second kappa shape index (κ2) is 9.74. The highest BCUT2D eigenvalue weighted by Crippen LogP contribution is 2.24. The molecule has 1 rings (SSSR count). The molecule has 0 aliphatic rings. The average Bonchev–Trinajstić information content (AvgIpc) is 2.53. The van der Waals surface area contributed by atoms with Gasteiger partial charge >= 0.3 is 5.97 Å². The number of carbonyl (C=O) groups is 1. The lowest BCUT2D eigenvalue weighted by atomic mass is 10.2. The van der Waals surface area contributed by atoms with Crippen molar-refractivity contribution >= 4 is 21.7 Å². The van der Waals surface area contributed by atoms with Crippen LogP contribution in [0.5, 0.6) is 0 Å². The molecule has 8 heteroatoms. The van der Waals surface area contributed by atoms with Crippen molar-refractivity contribution in [2.75, 3.05) is 18.5 Å². The number of nitrogens with one attached hydrogen (secondary N) is 2. The maximum atomic E-state index is 12.6. The van der Waals surface area contributed by atoms with Gasteiger partial charge in [-0.2, -0.15) is 0 Å². The Morgan fingerprint density at radius 3 is 2.52 bits per heavy atom. The smallest absolute Gasteiger partial charge is 0.335 e. The number of hydrogen-bond acceptors (Lipinski definition) is 5. The lowest BCUT2D eigenvalue weighted by Crippen LogP contribution is -2.27. The van der Waals surface area contributed by atoms with Crippen molar-refractivity contribution in [1.82, 2.24) is 4.72 Å². The van der Waals surface area contributed by atoms with E-state index >= 15 is 0 Å². The number of sulfonamides is 1. The third-order valence-electron chi connectivity index (χ3n) is 3.60. The number of hydrogen-bond donors (Lipinski definition) is 3. The molecular weight excluding hydrogens is 344 g/mol. The first kappa shape index (κ1) is 21.4. The van der Waals surface area contributed by atoms with Gasteiger partial charge in [-0.1, -0.05) is 6.92 Å². The molecule has 1 atom stereocenters. The predicted octanol–water partition coefficient (Wildman–Crippen LogP) is 2.69. The summed E-state index contributed by atoms with van der Waals surface area (Å²) in [6.45, 7) is 8.40. The summed E-state index contributed by atoms with van der Waals surface area (Å²) in [5, 5.41) is 12.3. The third kappa shape index (κ3) is 7.01. The highest BCUT2D eigenvalue weighted by molar-refractivity contribution is 7.89. The van der Waals surface area contributed by atoms with Crippen LogP contribution in [0.3, 0.4) is 0 Å². The summed E-state index contributed by atoms with van der Waals surface area (Å²) in [6.07, 6.45) is 1.43. The zero-order valence-corrected chi connectivity index (χ0v) is 16.0. The van der Waals surface area contributed by atoms with Crippen molar-refractivity contribution in [3.63, 3.8) is 0 Å². The molecule has 0 saturated heterocycles. The van der Waals surface area contributed by atoms with Gasteiger partial charge in [-0.25, -0.2) is 17.9 Å². The van der Waals surface area contributed by atoms with Crippen molar-refractivity contribution in [2.24, 2.45) is 0 Å². The lowest BCUT2D eigenvalue weighted by molar-refractivity contribution is 0.0696. The van der Waals surface area contributed by atoms with Gasteiger partial charge in [0.05, 0.1) is 17.4 Å². The Morgan fingerprint density at radius 1 is 1.28 bits per heavy atom. The zero-order chi connectivity index (χ0) is 19.0. The molecule has 0 heterocycles. The monoisotopic (exact) mass is 372 g/mol. The number of benzene rings is 1. The Hall–Kier alpha value is -1.64. The Kier molecular flexibility index (Phi) is 8.34. The number of carboxylic acids is 1. The van der Waals surface area contributed by atoms with Crippen LogP contribution in [-0.2, 0) is 14.8 Å². The highest BCUT2D eigenvalue weighted by Gasteiger charge is 2.21. The van der Waals surface area contributed by atoms with E-state index in [1.54, 1.807) is 0 Å². The molecule has 0 aliphatic carbocycles. The van der Waals surface area contributed by atoms with Crippen LogP contribution in [0.2, 0.25) is 0 Å². The van der Waals surface area contributed by atoms with Crippen LogP contribution in [-0.4, -0.2) is 44.8 Å². The van der Waals surface area contributed by atoms with E-state index in [4.69, 9.17) is 9.84 Å². The number of rotatable bonds is 11. The number of ether oxygens (including phenoxy) is 1. The summed E-state index contributed by atoms with van der Waals surface area (Å²) in [5.41, 5.74) is 0.323. The first-order valence-corrected chi connectivity index (χ1v) is 9.90. The largest absolute Gasteiger partial charge is 0.478 e. The summed E-state index contributed by atoms with van der Waals surface area (Å²) < 4.78 is 33.1. The summed E-state index contributed by atoms with van der Waals surface area (Å²) in [7, 11) is -3.83. The van der Waals surface area contributed by atoms with E-state index in [1.807, 2.05) is 27.7 Å². The van der Waals surface area contributed by atoms with Gasteiger partial charge < -0.3 is 15.2 Å². The Balaban J connectivity index is 2.96. The Morgan fingerprint density at radius 2 is 1.96 bits per heavy atom. The summed E-state index contributed by atoms with van der Waals surface area (Å²) in [4.78, 5) is 11.1. The van der Waals surface area contributed by atoms with E-state index < -0.39 is 16.0 Å². The van der Waals surface area contributed by atoms with Crippen LogP contribution in [0.15, 0.2) is 23.1 Å². The van der Waals surface area contributed by atoms with Crippen molar-refractivity contribution in [1.29, 1.82) is 0 Å². The van der Waals surface area contributed by atoms with Gasteiger partial charge in [0.25, 0.3) is 0 Å². The molecule has 0 fully saturated rings. The standard InChI is InChI=1S/C17H28N2O5S/c1-5-13(4)19-15-8-7-14(17(20)21)11-16(15)25(22,23)18-9-6-10-24-12(2)3/h7-8,11-13,18-19H,5-6,9-10H2,1-4H3,(H,20,21)/t13-/m0/s1. The van der Waals surface area contributed by atoms with Gasteiger partial charge in [-0.05, 0) is 51.8 Å². The maximum Gasteiger partial charge on any atom is 0.335 e. The van der Waals surface area contributed by atoms with Crippen LogP contribution < -0.4 is 10.0 Å².